The van der Waals surface area contributed by atoms with Crippen LogP contribution in [0.25, 0.3) is 0 Å². The summed E-state index contributed by atoms with van der Waals surface area (Å²) in [5.41, 5.74) is 1.09. The number of ether oxygens (including phenoxy) is 1. The summed E-state index contributed by atoms with van der Waals surface area (Å²) in [4.78, 5) is 24.6. The molecule has 1 saturated carbocycles. The fraction of sp³-hybridized carbons (Fsp3) is 0.619. The summed E-state index contributed by atoms with van der Waals surface area (Å²) in [6.07, 6.45) is 6.20. The number of rotatable bonds is 8. The molecule has 0 unspecified atom stereocenters. The maximum atomic E-state index is 12.5. The van der Waals surface area contributed by atoms with Crippen LogP contribution in [0.3, 0.4) is 0 Å². The van der Waals surface area contributed by atoms with Gasteiger partial charge in [-0.05, 0) is 43.9 Å². The van der Waals surface area contributed by atoms with E-state index in [0.29, 0.717) is 23.6 Å². The second kappa shape index (κ2) is 10.2. The molecule has 7 nitrogen and oxygen atoms in total. The number of benzene rings is 1. The van der Waals surface area contributed by atoms with E-state index in [4.69, 9.17) is 4.74 Å². The van der Waals surface area contributed by atoms with E-state index in [2.05, 4.69) is 5.32 Å². The third-order valence-corrected chi connectivity index (χ3v) is 7.22. The number of carbonyl (C=O) groups excluding carboxylic acids is 2. The lowest BCUT2D eigenvalue weighted by molar-refractivity contribution is -0.153. The highest BCUT2D eigenvalue weighted by molar-refractivity contribution is 7.89. The molecule has 8 heteroatoms. The highest BCUT2D eigenvalue weighted by atomic mass is 32.2. The second-order valence-corrected chi connectivity index (χ2v) is 10.1. The summed E-state index contributed by atoms with van der Waals surface area (Å²) in [7, 11) is -0.719. The Bertz CT molecular complexity index is 829. The van der Waals surface area contributed by atoms with Crippen molar-refractivity contribution in [2.24, 2.45) is 5.92 Å². The molecule has 0 bridgehead atoms. The first-order valence-corrected chi connectivity index (χ1v) is 11.6. The van der Waals surface area contributed by atoms with Crippen molar-refractivity contribution < 1.29 is 22.7 Å². The summed E-state index contributed by atoms with van der Waals surface area (Å²) < 4.78 is 31.0. The molecular weight excluding hydrogens is 392 g/mol. The molecule has 0 aromatic heterocycles. The average Bonchev–Trinajstić information content (AvgIpc) is 2.68. The van der Waals surface area contributed by atoms with Crippen LogP contribution in [-0.2, 0) is 24.3 Å². The summed E-state index contributed by atoms with van der Waals surface area (Å²) in [5.74, 6) is -0.290. The largest absolute Gasteiger partial charge is 0.453 e. The number of hydrogen-bond donors (Lipinski definition) is 1. The predicted molar refractivity (Wildman–Crippen MR) is 112 cm³/mol. The van der Waals surface area contributed by atoms with Crippen molar-refractivity contribution in [3.05, 3.63) is 23.8 Å². The van der Waals surface area contributed by atoms with Crippen LogP contribution < -0.4 is 5.32 Å². The minimum atomic E-state index is -3.61. The highest BCUT2D eigenvalue weighted by Crippen LogP contribution is 2.27. The molecule has 1 atom stereocenters. The number of nitrogens with one attached hydrogen (secondary N) is 1. The van der Waals surface area contributed by atoms with Crippen LogP contribution in [0.1, 0.15) is 57.4 Å². The Kier molecular flexibility index (Phi) is 8.22. The lowest BCUT2D eigenvalue weighted by Gasteiger charge is -2.21. The first-order valence-electron chi connectivity index (χ1n) is 10.1. The maximum absolute atomic E-state index is 12.5. The standard InChI is InChI=1S/C21H32N2O5S/c1-15-10-12-18(29(26,27)23(3)4)14-19(15)22-21(25)16(2)28-20(24)13-11-17-8-6-5-7-9-17/h10,12,14,16-17H,5-9,11,13H2,1-4H3,(H,22,25)/t16-/m0/s1. The smallest absolute Gasteiger partial charge is 0.306 e. The van der Waals surface area contributed by atoms with Crippen LogP contribution in [0, 0.1) is 12.8 Å². The number of esters is 1. The number of carbonyl (C=O) groups is 2. The normalized spacial score (nSPS) is 16.4. The van der Waals surface area contributed by atoms with Crippen molar-refractivity contribution in [3.63, 3.8) is 0 Å². The molecule has 1 aromatic rings. The molecular formula is C21H32N2O5S. The summed E-state index contributed by atoms with van der Waals surface area (Å²) >= 11 is 0. The van der Waals surface area contributed by atoms with E-state index in [1.54, 1.807) is 13.0 Å². The van der Waals surface area contributed by atoms with Crippen molar-refractivity contribution >= 4 is 27.6 Å². The Balaban J connectivity index is 1.94. The van der Waals surface area contributed by atoms with Gasteiger partial charge in [0.05, 0.1) is 4.90 Å². The van der Waals surface area contributed by atoms with E-state index in [1.807, 2.05) is 0 Å². The Morgan fingerprint density at radius 2 is 1.86 bits per heavy atom. The van der Waals surface area contributed by atoms with Gasteiger partial charge in [0, 0.05) is 26.2 Å². The molecule has 0 radical (unpaired) electrons. The highest BCUT2D eigenvalue weighted by Gasteiger charge is 2.22. The number of nitrogens with zero attached hydrogens (tertiary/aromatic N) is 1. The van der Waals surface area contributed by atoms with Gasteiger partial charge >= 0.3 is 5.97 Å². The maximum Gasteiger partial charge on any atom is 0.306 e. The van der Waals surface area contributed by atoms with Crippen LogP contribution in [-0.4, -0.2) is 44.8 Å². The van der Waals surface area contributed by atoms with E-state index >= 15 is 0 Å². The molecule has 0 saturated heterocycles. The van der Waals surface area contributed by atoms with E-state index in [0.717, 1.165) is 23.6 Å². The van der Waals surface area contributed by atoms with E-state index in [-0.39, 0.29) is 10.9 Å². The van der Waals surface area contributed by atoms with Crippen molar-refractivity contribution in [2.75, 3.05) is 19.4 Å². The molecule has 0 heterocycles. The molecule has 1 aliphatic rings. The quantitative estimate of drug-likeness (QED) is 0.645. The Morgan fingerprint density at radius 1 is 1.21 bits per heavy atom. The average molecular weight is 425 g/mol. The van der Waals surface area contributed by atoms with Gasteiger partial charge in [0.25, 0.3) is 5.91 Å². The number of sulfonamides is 1. The number of hydrogen-bond acceptors (Lipinski definition) is 5. The van der Waals surface area contributed by atoms with E-state index in [9.17, 15) is 18.0 Å². The second-order valence-electron chi connectivity index (χ2n) is 7.93. The van der Waals surface area contributed by atoms with Crippen LogP contribution in [0.4, 0.5) is 5.69 Å². The zero-order valence-corrected chi connectivity index (χ0v) is 18.5. The molecule has 29 heavy (non-hydrogen) atoms. The predicted octanol–water partition coefficient (Wildman–Crippen LogP) is 3.48. The third-order valence-electron chi connectivity index (χ3n) is 5.40. The molecule has 1 fully saturated rings. The zero-order chi connectivity index (χ0) is 21.6. The Morgan fingerprint density at radius 3 is 2.48 bits per heavy atom. The monoisotopic (exact) mass is 424 g/mol. The number of amides is 1. The fourth-order valence-corrected chi connectivity index (χ4v) is 4.38. The molecule has 1 amide bonds. The van der Waals surface area contributed by atoms with Crippen LogP contribution in [0.15, 0.2) is 23.1 Å². The van der Waals surface area contributed by atoms with Crippen LogP contribution in [0.2, 0.25) is 0 Å². The van der Waals surface area contributed by atoms with Gasteiger partial charge in [-0.15, -0.1) is 0 Å². The molecule has 1 aliphatic carbocycles. The minimum absolute atomic E-state index is 0.0838. The van der Waals surface area contributed by atoms with Gasteiger partial charge in [-0.25, -0.2) is 12.7 Å². The minimum Gasteiger partial charge on any atom is -0.453 e. The van der Waals surface area contributed by atoms with E-state index < -0.39 is 22.0 Å². The van der Waals surface area contributed by atoms with E-state index in [1.165, 1.54) is 52.4 Å². The zero-order valence-electron chi connectivity index (χ0n) is 17.7. The lowest BCUT2D eigenvalue weighted by atomic mass is 9.86. The van der Waals surface area contributed by atoms with Gasteiger partial charge in [-0.2, -0.15) is 0 Å². The van der Waals surface area contributed by atoms with Crippen molar-refractivity contribution in [3.8, 4) is 0 Å². The third kappa shape index (κ3) is 6.54. The molecule has 0 aliphatic heterocycles. The van der Waals surface area contributed by atoms with Crippen LogP contribution >= 0.6 is 0 Å². The molecule has 2 rings (SSSR count). The number of anilines is 1. The van der Waals surface area contributed by atoms with Crippen LogP contribution in [0.5, 0.6) is 0 Å². The Labute approximate surface area is 173 Å². The summed E-state index contributed by atoms with van der Waals surface area (Å²) in [5, 5.41) is 2.67. The van der Waals surface area contributed by atoms with Gasteiger partial charge in [-0.1, -0.05) is 38.2 Å². The lowest BCUT2D eigenvalue weighted by Crippen LogP contribution is -2.30. The molecule has 0 spiro atoms. The van der Waals surface area contributed by atoms with Gasteiger partial charge in [0.1, 0.15) is 0 Å². The van der Waals surface area contributed by atoms with Gasteiger partial charge < -0.3 is 10.1 Å². The number of aryl methyl sites for hydroxylation is 1. The molecule has 1 N–H and O–H groups in total. The first kappa shape index (κ1) is 23.3. The first-order chi connectivity index (χ1) is 13.6. The summed E-state index contributed by atoms with van der Waals surface area (Å²) in [6, 6.07) is 4.54. The summed E-state index contributed by atoms with van der Waals surface area (Å²) in [6.45, 7) is 3.28. The molecule has 1 aromatic carbocycles. The van der Waals surface area contributed by atoms with Crippen molar-refractivity contribution in [1.82, 2.24) is 4.31 Å². The van der Waals surface area contributed by atoms with Gasteiger partial charge in [0.15, 0.2) is 6.10 Å². The molecule has 162 valence electrons. The fourth-order valence-electron chi connectivity index (χ4n) is 3.45. The topological polar surface area (TPSA) is 92.8 Å². The van der Waals surface area contributed by atoms with Crippen molar-refractivity contribution in [2.45, 2.75) is 69.8 Å². The van der Waals surface area contributed by atoms with Gasteiger partial charge in [-0.3, -0.25) is 9.59 Å². The Hall–Kier alpha value is -1.93. The van der Waals surface area contributed by atoms with Crippen molar-refractivity contribution in [1.29, 1.82) is 0 Å². The van der Waals surface area contributed by atoms with Gasteiger partial charge in [0.2, 0.25) is 10.0 Å². The SMILES string of the molecule is Cc1ccc(S(=O)(=O)N(C)C)cc1NC(=O)[C@H](C)OC(=O)CCC1CCCCC1.